The third-order valence-electron chi connectivity index (χ3n) is 4.02. The number of hydrogen-bond donors (Lipinski definition) is 1. The van der Waals surface area contributed by atoms with E-state index < -0.39 is 0 Å². The zero-order valence-electron chi connectivity index (χ0n) is 9.77. The van der Waals surface area contributed by atoms with Gasteiger partial charge in [0.05, 0.1) is 11.6 Å². The molecule has 1 saturated carbocycles. The maximum absolute atomic E-state index is 9.97. The smallest absolute Gasteiger partial charge is 0.0609 e. The molecule has 1 aromatic heterocycles. The normalized spacial score (nSPS) is 19.9. The lowest BCUT2D eigenvalue weighted by Crippen LogP contribution is -2.23. The molecule has 1 N–H and O–H groups in total. The van der Waals surface area contributed by atoms with Gasteiger partial charge in [0.1, 0.15) is 0 Å². The Labute approximate surface area is 95.5 Å². The first-order valence-corrected chi connectivity index (χ1v) is 5.88. The van der Waals surface area contributed by atoms with E-state index in [1.807, 2.05) is 6.92 Å². The van der Waals surface area contributed by atoms with Crippen LogP contribution in [0.25, 0.3) is 10.9 Å². The molecule has 0 bridgehead atoms. The summed E-state index contributed by atoms with van der Waals surface area (Å²) in [4.78, 5) is 0. The van der Waals surface area contributed by atoms with Gasteiger partial charge in [-0.15, -0.1) is 0 Å². The molecule has 0 saturated heterocycles. The Hall–Kier alpha value is -1.28. The Bertz CT molecular complexity index is 535. The van der Waals surface area contributed by atoms with Gasteiger partial charge in [0, 0.05) is 18.7 Å². The van der Waals surface area contributed by atoms with Crippen molar-refractivity contribution in [3.05, 3.63) is 36.0 Å². The number of para-hydroxylation sites is 1. The average molecular weight is 215 g/mol. The summed E-state index contributed by atoms with van der Waals surface area (Å²) in [7, 11) is 2.07. The lowest BCUT2D eigenvalue weighted by molar-refractivity contribution is 0.151. The summed E-state index contributed by atoms with van der Waals surface area (Å²) in [6.45, 7) is 1.91. The number of aliphatic hydroxyl groups excluding tert-OH is 1. The molecule has 1 fully saturated rings. The largest absolute Gasteiger partial charge is 0.392 e. The van der Waals surface area contributed by atoms with Gasteiger partial charge in [-0.25, -0.2) is 0 Å². The van der Waals surface area contributed by atoms with E-state index >= 15 is 0 Å². The molecule has 0 spiro atoms. The van der Waals surface area contributed by atoms with Crippen molar-refractivity contribution in [2.75, 3.05) is 0 Å². The van der Waals surface area contributed by atoms with Crippen LogP contribution in [-0.4, -0.2) is 15.8 Å². The van der Waals surface area contributed by atoms with Gasteiger partial charge in [0.15, 0.2) is 0 Å². The van der Waals surface area contributed by atoms with Crippen molar-refractivity contribution in [2.45, 2.75) is 31.3 Å². The molecule has 1 atom stereocenters. The Kier molecular flexibility index (Phi) is 1.93. The fourth-order valence-corrected chi connectivity index (χ4v) is 2.80. The van der Waals surface area contributed by atoms with E-state index in [4.69, 9.17) is 0 Å². The first-order valence-electron chi connectivity index (χ1n) is 5.88. The van der Waals surface area contributed by atoms with Gasteiger partial charge in [0.25, 0.3) is 0 Å². The Morgan fingerprint density at radius 1 is 1.31 bits per heavy atom. The summed E-state index contributed by atoms with van der Waals surface area (Å²) >= 11 is 0. The van der Waals surface area contributed by atoms with Gasteiger partial charge in [-0.3, -0.25) is 0 Å². The lowest BCUT2D eigenvalue weighted by Gasteiger charge is -2.20. The molecule has 16 heavy (non-hydrogen) atoms. The summed E-state index contributed by atoms with van der Waals surface area (Å²) in [6.07, 6.45) is 4.05. The van der Waals surface area contributed by atoms with Crippen LogP contribution in [0.15, 0.2) is 30.5 Å². The van der Waals surface area contributed by atoms with E-state index in [1.165, 1.54) is 16.5 Å². The second kappa shape index (κ2) is 3.11. The number of aryl methyl sites for hydroxylation is 1. The van der Waals surface area contributed by atoms with Crippen LogP contribution in [0.1, 0.15) is 25.3 Å². The molecule has 84 valence electrons. The van der Waals surface area contributed by atoms with Crippen molar-refractivity contribution in [1.82, 2.24) is 4.57 Å². The van der Waals surface area contributed by atoms with Crippen LogP contribution in [0.3, 0.4) is 0 Å². The third kappa shape index (κ3) is 1.17. The highest BCUT2D eigenvalue weighted by molar-refractivity contribution is 5.85. The molecule has 0 aliphatic heterocycles. The maximum Gasteiger partial charge on any atom is 0.0609 e. The highest BCUT2D eigenvalue weighted by Crippen LogP contribution is 2.52. The summed E-state index contributed by atoms with van der Waals surface area (Å²) in [5.74, 6) is 0. The standard InChI is InChI=1S/C14H17NO/c1-10(16)14(7-8-14)12-5-3-4-11-6-9-15(2)13(11)12/h3-6,9-10,16H,7-8H2,1-2H3. The molecular formula is C14H17NO. The Morgan fingerprint density at radius 2 is 2.06 bits per heavy atom. The number of hydrogen-bond acceptors (Lipinski definition) is 1. The molecule has 1 unspecified atom stereocenters. The predicted octanol–water partition coefficient (Wildman–Crippen LogP) is 2.59. The number of aromatic nitrogens is 1. The molecule has 1 aliphatic carbocycles. The van der Waals surface area contributed by atoms with Crippen LogP contribution in [0, 0.1) is 0 Å². The zero-order valence-corrected chi connectivity index (χ0v) is 9.77. The number of rotatable bonds is 2. The molecule has 1 heterocycles. The van der Waals surface area contributed by atoms with Crippen LogP contribution in [0.4, 0.5) is 0 Å². The number of fused-ring (bicyclic) bond motifs is 1. The third-order valence-corrected chi connectivity index (χ3v) is 4.02. The number of nitrogens with zero attached hydrogens (tertiary/aromatic N) is 1. The monoisotopic (exact) mass is 215 g/mol. The highest BCUT2D eigenvalue weighted by atomic mass is 16.3. The number of benzene rings is 1. The maximum atomic E-state index is 9.97. The predicted molar refractivity (Wildman–Crippen MR) is 65.5 cm³/mol. The Balaban J connectivity index is 2.28. The molecule has 1 aliphatic rings. The first-order chi connectivity index (χ1) is 7.65. The minimum absolute atomic E-state index is 0.0195. The van der Waals surface area contributed by atoms with Crippen molar-refractivity contribution in [3.8, 4) is 0 Å². The molecule has 2 heteroatoms. The van der Waals surface area contributed by atoms with Gasteiger partial charge in [-0.1, -0.05) is 18.2 Å². The van der Waals surface area contributed by atoms with Gasteiger partial charge in [0.2, 0.25) is 0 Å². The van der Waals surface area contributed by atoms with Gasteiger partial charge >= 0.3 is 0 Å². The highest BCUT2D eigenvalue weighted by Gasteiger charge is 2.49. The molecule has 3 rings (SSSR count). The van der Waals surface area contributed by atoms with Crippen LogP contribution in [-0.2, 0) is 12.5 Å². The fourth-order valence-electron chi connectivity index (χ4n) is 2.80. The van der Waals surface area contributed by atoms with Gasteiger partial charge in [-0.05, 0) is 36.8 Å². The first kappa shape index (κ1) is 9.91. The van der Waals surface area contributed by atoms with E-state index in [2.05, 4.69) is 42.1 Å². The summed E-state index contributed by atoms with van der Waals surface area (Å²) in [5.41, 5.74) is 2.61. The van der Waals surface area contributed by atoms with Crippen LogP contribution in [0.5, 0.6) is 0 Å². The molecular weight excluding hydrogens is 198 g/mol. The lowest BCUT2D eigenvalue weighted by atomic mass is 9.89. The quantitative estimate of drug-likeness (QED) is 0.818. The SMILES string of the molecule is CC(O)C1(c2cccc3ccn(C)c23)CC1. The van der Waals surface area contributed by atoms with Crippen LogP contribution >= 0.6 is 0 Å². The van der Waals surface area contributed by atoms with Crippen LogP contribution < -0.4 is 0 Å². The Morgan fingerprint density at radius 3 is 2.69 bits per heavy atom. The number of aliphatic hydroxyl groups is 1. The molecule has 0 radical (unpaired) electrons. The second-order valence-corrected chi connectivity index (χ2v) is 5.00. The zero-order chi connectivity index (χ0) is 11.3. The van der Waals surface area contributed by atoms with E-state index in [0.29, 0.717) is 0 Å². The van der Waals surface area contributed by atoms with Gasteiger partial charge < -0.3 is 9.67 Å². The van der Waals surface area contributed by atoms with E-state index in [0.717, 1.165) is 12.8 Å². The van der Waals surface area contributed by atoms with Gasteiger partial charge in [-0.2, -0.15) is 0 Å². The van der Waals surface area contributed by atoms with Crippen molar-refractivity contribution in [3.63, 3.8) is 0 Å². The second-order valence-electron chi connectivity index (χ2n) is 5.00. The minimum Gasteiger partial charge on any atom is -0.392 e. The fraction of sp³-hybridized carbons (Fsp3) is 0.429. The average Bonchev–Trinajstić information content (AvgIpc) is 3.00. The van der Waals surface area contributed by atoms with Crippen molar-refractivity contribution in [2.24, 2.45) is 7.05 Å². The topological polar surface area (TPSA) is 25.2 Å². The summed E-state index contributed by atoms with van der Waals surface area (Å²) in [6, 6.07) is 8.54. The van der Waals surface area contributed by atoms with Crippen molar-refractivity contribution >= 4 is 10.9 Å². The molecule has 0 amide bonds. The molecule has 2 nitrogen and oxygen atoms in total. The van der Waals surface area contributed by atoms with E-state index in [1.54, 1.807) is 0 Å². The summed E-state index contributed by atoms with van der Waals surface area (Å²) in [5, 5.41) is 11.2. The van der Waals surface area contributed by atoms with Crippen molar-refractivity contribution < 1.29 is 5.11 Å². The van der Waals surface area contributed by atoms with Crippen molar-refractivity contribution in [1.29, 1.82) is 0 Å². The minimum atomic E-state index is -0.256. The molecule has 2 aromatic rings. The molecule has 1 aromatic carbocycles. The summed E-state index contributed by atoms with van der Waals surface area (Å²) < 4.78 is 2.16. The van der Waals surface area contributed by atoms with Crippen LogP contribution in [0.2, 0.25) is 0 Å². The van der Waals surface area contributed by atoms with E-state index in [-0.39, 0.29) is 11.5 Å². The van der Waals surface area contributed by atoms with E-state index in [9.17, 15) is 5.11 Å².